The van der Waals surface area contributed by atoms with Crippen LogP contribution in [0.2, 0.25) is 0 Å². The Bertz CT molecular complexity index is 367. The molecule has 0 atom stereocenters. The van der Waals surface area contributed by atoms with Gasteiger partial charge in [-0.15, -0.1) is 11.3 Å². The molecular weight excluding hydrogens is 284 g/mol. The highest BCUT2D eigenvalue weighted by atomic mass is 79.9. The summed E-state index contributed by atoms with van der Waals surface area (Å²) in [6.45, 7) is 0.324. The molecule has 1 rings (SSSR count). The highest BCUT2D eigenvalue weighted by Gasteiger charge is 2.07. The summed E-state index contributed by atoms with van der Waals surface area (Å²) in [6.07, 6.45) is -0.844. The number of rotatable bonds is 4. The van der Waals surface area contributed by atoms with Crippen LogP contribution in [-0.4, -0.2) is 25.2 Å². The average Bonchev–Trinajstić information content (AvgIpc) is 2.59. The monoisotopic (exact) mass is 292 g/mol. The summed E-state index contributed by atoms with van der Waals surface area (Å²) >= 11 is 4.59. The molecule has 82 valence electrons. The molecule has 0 radical (unpaired) electrons. The number of primary amides is 1. The standard InChI is InChI=1S/C8H9BrN2O3S/c9-6-2-1-5(15-6)7(12)11-3-4-14-8(10)13/h1-2H,3-4H2,(H2,10,13)(H,11,12). The Kier molecular flexibility index (Phi) is 4.57. The molecule has 0 aromatic carbocycles. The molecule has 0 bridgehead atoms. The van der Waals surface area contributed by atoms with Crippen LogP contribution in [0.4, 0.5) is 4.79 Å². The van der Waals surface area contributed by atoms with Crippen molar-refractivity contribution in [1.82, 2.24) is 5.32 Å². The van der Waals surface area contributed by atoms with Gasteiger partial charge in [-0.05, 0) is 28.1 Å². The van der Waals surface area contributed by atoms with E-state index in [0.29, 0.717) is 4.88 Å². The van der Waals surface area contributed by atoms with E-state index < -0.39 is 6.09 Å². The van der Waals surface area contributed by atoms with Gasteiger partial charge >= 0.3 is 6.09 Å². The fourth-order valence-electron chi connectivity index (χ4n) is 0.840. The summed E-state index contributed by atoms with van der Waals surface area (Å²) in [5.74, 6) is -0.196. The van der Waals surface area contributed by atoms with Gasteiger partial charge in [0, 0.05) is 0 Å². The van der Waals surface area contributed by atoms with Crippen molar-refractivity contribution in [3.63, 3.8) is 0 Å². The number of halogens is 1. The first kappa shape index (κ1) is 12.0. The predicted molar refractivity (Wildman–Crippen MR) is 59.9 cm³/mol. The highest BCUT2D eigenvalue weighted by molar-refractivity contribution is 9.11. The van der Waals surface area contributed by atoms with Crippen LogP contribution in [-0.2, 0) is 4.74 Å². The Morgan fingerprint density at radius 3 is 2.80 bits per heavy atom. The number of nitrogens with two attached hydrogens (primary N) is 1. The molecular formula is C8H9BrN2O3S. The van der Waals surface area contributed by atoms with Gasteiger partial charge < -0.3 is 15.8 Å². The SMILES string of the molecule is NC(=O)OCCNC(=O)c1ccc(Br)s1. The third-order valence-corrected chi connectivity index (χ3v) is 3.05. The largest absolute Gasteiger partial charge is 0.448 e. The molecule has 0 fully saturated rings. The van der Waals surface area contributed by atoms with Gasteiger partial charge in [0.2, 0.25) is 0 Å². The van der Waals surface area contributed by atoms with Crippen LogP contribution in [0.25, 0.3) is 0 Å². The van der Waals surface area contributed by atoms with E-state index in [1.165, 1.54) is 11.3 Å². The molecule has 1 aromatic rings. The first-order valence-electron chi connectivity index (χ1n) is 4.05. The molecule has 15 heavy (non-hydrogen) atoms. The first-order valence-corrected chi connectivity index (χ1v) is 5.66. The van der Waals surface area contributed by atoms with Crippen LogP contribution >= 0.6 is 27.3 Å². The van der Waals surface area contributed by atoms with Gasteiger partial charge in [0.15, 0.2) is 0 Å². The van der Waals surface area contributed by atoms with Crippen LogP contribution < -0.4 is 11.1 Å². The second-order valence-electron chi connectivity index (χ2n) is 2.53. The Morgan fingerprint density at radius 2 is 2.27 bits per heavy atom. The summed E-state index contributed by atoms with van der Waals surface area (Å²) in [5.41, 5.74) is 4.75. The van der Waals surface area contributed by atoms with Crippen molar-refractivity contribution in [2.45, 2.75) is 0 Å². The van der Waals surface area contributed by atoms with E-state index in [-0.39, 0.29) is 19.1 Å². The maximum Gasteiger partial charge on any atom is 0.404 e. The molecule has 0 saturated carbocycles. The van der Waals surface area contributed by atoms with Crippen LogP contribution in [0.1, 0.15) is 9.67 Å². The third kappa shape index (κ3) is 4.30. The predicted octanol–water partition coefficient (Wildman–Crippen LogP) is 1.34. The second kappa shape index (κ2) is 5.72. The molecule has 5 nitrogen and oxygen atoms in total. The maximum absolute atomic E-state index is 11.4. The quantitative estimate of drug-likeness (QED) is 0.822. The number of thiophene rings is 1. The van der Waals surface area contributed by atoms with Gasteiger partial charge in [-0.3, -0.25) is 4.79 Å². The Balaban J connectivity index is 2.28. The van der Waals surface area contributed by atoms with Gasteiger partial charge in [0.25, 0.3) is 5.91 Å². The molecule has 0 aliphatic heterocycles. The van der Waals surface area contributed by atoms with E-state index in [4.69, 9.17) is 5.73 Å². The fraction of sp³-hybridized carbons (Fsp3) is 0.250. The number of nitrogens with one attached hydrogen (secondary N) is 1. The highest BCUT2D eigenvalue weighted by Crippen LogP contribution is 2.21. The lowest BCUT2D eigenvalue weighted by molar-refractivity contribution is 0.0941. The number of hydrogen-bond acceptors (Lipinski definition) is 4. The maximum atomic E-state index is 11.4. The molecule has 1 heterocycles. The van der Waals surface area contributed by atoms with Gasteiger partial charge in [-0.1, -0.05) is 0 Å². The Hall–Kier alpha value is -1.08. The minimum absolute atomic E-state index is 0.0770. The lowest BCUT2D eigenvalue weighted by atomic mass is 10.4. The van der Waals surface area contributed by atoms with E-state index in [1.807, 2.05) is 0 Å². The summed E-state index contributed by atoms with van der Waals surface area (Å²) in [7, 11) is 0. The van der Waals surface area contributed by atoms with E-state index in [0.717, 1.165) is 3.79 Å². The van der Waals surface area contributed by atoms with Gasteiger partial charge in [-0.25, -0.2) is 4.79 Å². The summed E-state index contributed by atoms with van der Waals surface area (Å²) < 4.78 is 5.34. The zero-order chi connectivity index (χ0) is 11.3. The van der Waals surface area contributed by atoms with Crippen LogP contribution in [0.15, 0.2) is 15.9 Å². The molecule has 1 aromatic heterocycles. The van der Waals surface area contributed by atoms with Crippen LogP contribution in [0.3, 0.4) is 0 Å². The van der Waals surface area contributed by atoms with Gasteiger partial charge in [0.1, 0.15) is 6.61 Å². The lowest BCUT2D eigenvalue weighted by Gasteiger charge is -2.02. The normalized spacial score (nSPS) is 9.67. The van der Waals surface area contributed by atoms with Crippen molar-refractivity contribution in [2.75, 3.05) is 13.2 Å². The first-order chi connectivity index (χ1) is 7.09. The third-order valence-electron chi connectivity index (χ3n) is 1.43. The van der Waals surface area contributed by atoms with E-state index in [2.05, 4.69) is 26.0 Å². The van der Waals surface area contributed by atoms with Gasteiger partial charge in [-0.2, -0.15) is 0 Å². The number of carbonyl (C=O) groups excluding carboxylic acids is 2. The summed E-state index contributed by atoms with van der Waals surface area (Å²) in [5, 5.41) is 2.59. The molecule has 0 saturated heterocycles. The van der Waals surface area contributed by atoms with Crippen LogP contribution in [0, 0.1) is 0 Å². The lowest BCUT2D eigenvalue weighted by Crippen LogP contribution is -2.28. The molecule has 0 aliphatic carbocycles. The fourth-order valence-corrected chi connectivity index (χ4v) is 2.14. The molecule has 0 spiro atoms. The number of ether oxygens (including phenoxy) is 1. The van der Waals surface area contributed by atoms with Crippen molar-refractivity contribution in [1.29, 1.82) is 0 Å². The van der Waals surface area contributed by atoms with Crippen molar-refractivity contribution >= 4 is 39.3 Å². The molecule has 0 aliphatic rings. The van der Waals surface area contributed by atoms with E-state index >= 15 is 0 Å². The summed E-state index contributed by atoms with van der Waals surface area (Å²) in [4.78, 5) is 22.2. The molecule has 7 heteroatoms. The van der Waals surface area contributed by atoms with Crippen molar-refractivity contribution in [3.05, 3.63) is 20.8 Å². The summed E-state index contributed by atoms with van der Waals surface area (Å²) in [6, 6.07) is 3.50. The minimum Gasteiger partial charge on any atom is -0.448 e. The van der Waals surface area contributed by atoms with Crippen molar-refractivity contribution in [3.8, 4) is 0 Å². The topological polar surface area (TPSA) is 81.4 Å². The van der Waals surface area contributed by atoms with Gasteiger partial charge in [0.05, 0.1) is 15.2 Å². The smallest absolute Gasteiger partial charge is 0.404 e. The van der Waals surface area contributed by atoms with E-state index in [9.17, 15) is 9.59 Å². The zero-order valence-corrected chi connectivity index (χ0v) is 10.1. The average molecular weight is 293 g/mol. The molecule has 2 amide bonds. The number of amides is 2. The Morgan fingerprint density at radius 1 is 1.53 bits per heavy atom. The number of hydrogen-bond donors (Lipinski definition) is 2. The number of carbonyl (C=O) groups is 2. The van der Waals surface area contributed by atoms with Crippen LogP contribution in [0.5, 0.6) is 0 Å². The zero-order valence-electron chi connectivity index (χ0n) is 7.66. The molecule has 3 N–H and O–H groups in total. The van der Waals surface area contributed by atoms with Crippen molar-refractivity contribution in [2.24, 2.45) is 5.73 Å². The van der Waals surface area contributed by atoms with E-state index in [1.54, 1.807) is 12.1 Å². The minimum atomic E-state index is -0.844. The molecule has 0 unspecified atom stereocenters. The second-order valence-corrected chi connectivity index (χ2v) is 4.99. The Labute approximate surface area is 98.7 Å². The van der Waals surface area contributed by atoms with Crippen molar-refractivity contribution < 1.29 is 14.3 Å².